The van der Waals surface area contributed by atoms with Gasteiger partial charge in [0.1, 0.15) is 0 Å². The van der Waals surface area contributed by atoms with Gasteiger partial charge in [0.05, 0.1) is 0 Å². The number of hydrogen-bond donors (Lipinski definition) is 0. The minimum atomic E-state index is 0.798. The Bertz CT molecular complexity index is 126. The Morgan fingerprint density at radius 2 is 1.78 bits per heavy atom. The number of allylic oxidation sites excluding steroid dienone is 2. The summed E-state index contributed by atoms with van der Waals surface area (Å²) >= 11 is 5.80. The molecule has 50 valence electrons. The van der Waals surface area contributed by atoms with Gasteiger partial charge in [-0.25, -0.2) is 0 Å². The molecule has 0 aromatic carbocycles. The maximum absolute atomic E-state index is 5.80. The van der Waals surface area contributed by atoms with E-state index in [1.54, 1.807) is 0 Å². The molecule has 2 unspecified atom stereocenters. The Hall–Kier alpha value is 0.0300. The van der Waals surface area contributed by atoms with E-state index in [4.69, 9.17) is 11.6 Å². The maximum atomic E-state index is 5.80. The summed E-state index contributed by atoms with van der Waals surface area (Å²) in [6.07, 6.45) is 7.47. The molecule has 0 nitrogen and oxygen atoms in total. The van der Waals surface area contributed by atoms with Crippen molar-refractivity contribution in [3.63, 3.8) is 0 Å². The first-order valence-electron chi connectivity index (χ1n) is 3.66. The highest BCUT2D eigenvalue weighted by atomic mass is 35.5. The van der Waals surface area contributed by atoms with Crippen LogP contribution in [0.4, 0.5) is 0 Å². The number of fused-ring (bicyclic) bond motifs is 2. The van der Waals surface area contributed by atoms with Crippen molar-refractivity contribution >= 4 is 11.6 Å². The summed E-state index contributed by atoms with van der Waals surface area (Å²) in [5, 5.41) is 0. The van der Waals surface area contributed by atoms with Gasteiger partial charge in [0.25, 0.3) is 0 Å². The van der Waals surface area contributed by atoms with E-state index in [9.17, 15) is 0 Å². The summed E-state index contributed by atoms with van der Waals surface area (Å²) in [7, 11) is 0. The first-order chi connectivity index (χ1) is 4.42. The molecule has 0 spiro atoms. The van der Waals surface area contributed by atoms with Crippen molar-refractivity contribution in [2.24, 2.45) is 17.8 Å². The fourth-order valence-electron chi connectivity index (χ4n) is 2.12. The molecular formula is C8H11Cl. The Morgan fingerprint density at radius 1 is 1.22 bits per heavy atom. The zero-order valence-corrected chi connectivity index (χ0v) is 6.14. The molecule has 2 atom stereocenters. The molecule has 0 radical (unpaired) electrons. The molecule has 0 aromatic heterocycles. The first kappa shape index (κ1) is 5.79. The first-order valence-corrected chi connectivity index (χ1v) is 4.19. The normalized spacial score (nSPS) is 46.6. The SMILES string of the molecule is ClCC1C2C=CC1CC2. The molecular weight excluding hydrogens is 132 g/mol. The van der Waals surface area contributed by atoms with Crippen LogP contribution in [0, 0.1) is 17.8 Å². The zero-order valence-electron chi connectivity index (χ0n) is 5.39. The third-order valence-electron chi connectivity index (χ3n) is 2.72. The molecule has 1 fully saturated rings. The number of alkyl halides is 1. The van der Waals surface area contributed by atoms with Gasteiger partial charge >= 0.3 is 0 Å². The largest absolute Gasteiger partial charge is 0.126 e. The van der Waals surface area contributed by atoms with Crippen LogP contribution in [0.15, 0.2) is 12.2 Å². The predicted molar refractivity (Wildman–Crippen MR) is 39.6 cm³/mol. The maximum Gasteiger partial charge on any atom is 0.0263 e. The van der Waals surface area contributed by atoms with E-state index in [0.717, 1.165) is 23.6 Å². The van der Waals surface area contributed by atoms with Crippen LogP contribution in [0.1, 0.15) is 12.8 Å². The molecule has 0 N–H and O–H groups in total. The van der Waals surface area contributed by atoms with Gasteiger partial charge in [0.15, 0.2) is 0 Å². The molecule has 1 saturated carbocycles. The fraction of sp³-hybridized carbons (Fsp3) is 0.750. The van der Waals surface area contributed by atoms with Crippen LogP contribution >= 0.6 is 11.6 Å². The third kappa shape index (κ3) is 0.728. The highest BCUT2D eigenvalue weighted by molar-refractivity contribution is 6.18. The van der Waals surface area contributed by atoms with Crippen molar-refractivity contribution in [2.45, 2.75) is 12.8 Å². The van der Waals surface area contributed by atoms with Crippen LogP contribution in [-0.2, 0) is 0 Å². The molecule has 2 bridgehead atoms. The van der Waals surface area contributed by atoms with Crippen molar-refractivity contribution in [1.29, 1.82) is 0 Å². The van der Waals surface area contributed by atoms with Gasteiger partial charge in [-0.15, -0.1) is 11.6 Å². The van der Waals surface area contributed by atoms with Crippen molar-refractivity contribution in [2.75, 3.05) is 5.88 Å². The minimum absolute atomic E-state index is 0.798. The van der Waals surface area contributed by atoms with Gasteiger partial charge < -0.3 is 0 Å². The lowest BCUT2D eigenvalue weighted by atomic mass is 9.99. The second-order valence-electron chi connectivity index (χ2n) is 3.11. The lowest BCUT2D eigenvalue weighted by Gasteiger charge is -2.09. The third-order valence-corrected chi connectivity index (χ3v) is 3.07. The lowest BCUT2D eigenvalue weighted by Crippen LogP contribution is -2.07. The van der Waals surface area contributed by atoms with Crippen LogP contribution in [-0.4, -0.2) is 5.88 Å². The van der Waals surface area contributed by atoms with Gasteiger partial charge in [0.2, 0.25) is 0 Å². The van der Waals surface area contributed by atoms with Crippen LogP contribution in [0.2, 0.25) is 0 Å². The smallest absolute Gasteiger partial charge is 0.0263 e. The van der Waals surface area contributed by atoms with Crippen molar-refractivity contribution in [3.05, 3.63) is 12.2 Å². The molecule has 2 rings (SSSR count). The van der Waals surface area contributed by atoms with Gasteiger partial charge in [-0.05, 0) is 30.6 Å². The molecule has 0 aliphatic heterocycles. The molecule has 2 aliphatic carbocycles. The topological polar surface area (TPSA) is 0 Å². The lowest BCUT2D eigenvalue weighted by molar-refractivity contribution is 0.480. The van der Waals surface area contributed by atoms with E-state index in [2.05, 4.69) is 12.2 Å². The Kier molecular flexibility index (Phi) is 1.30. The number of rotatable bonds is 1. The summed E-state index contributed by atoms with van der Waals surface area (Å²) in [6.45, 7) is 0. The molecule has 0 amide bonds. The van der Waals surface area contributed by atoms with E-state index in [1.807, 2.05) is 0 Å². The van der Waals surface area contributed by atoms with Gasteiger partial charge in [-0.3, -0.25) is 0 Å². The van der Waals surface area contributed by atoms with Crippen LogP contribution < -0.4 is 0 Å². The highest BCUT2D eigenvalue weighted by Gasteiger charge is 2.36. The minimum Gasteiger partial charge on any atom is -0.126 e. The number of halogens is 1. The van der Waals surface area contributed by atoms with Crippen LogP contribution in [0.25, 0.3) is 0 Å². The molecule has 0 saturated heterocycles. The van der Waals surface area contributed by atoms with Crippen LogP contribution in [0.5, 0.6) is 0 Å². The standard InChI is InChI=1S/C8H11Cl/c9-5-8-6-1-2-7(8)4-3-6/h1-2,6-8H,3-5H2. The van der Waals surface area contributed by atoms with Crippen molar-refractivity contribution in [1.82, 2.24) is 0 Å². The quantitative estimate of drug-likeness (QED) is 0.390. The Labute approximate surface area is 60.9 Å². The second kappa shape index (κ2) is 2.02. The summed E-state index contributed by atoms with van der Waals surface area (Å²) in [5.74, 6) is 3.34. The Morgan fingerprint density at radius 3 is 2.00 bits per heavy atom. The Balaban J connectivity index is 2.15. The van der Waals surface area contributed by atoms with E-state index in [-0.39, 0.29) is 0 Å². The van der Waals surface area contributed by atoms with E-state index in [1.165, 1.54) is 12.8 Å². The second-order valence-corrected chi connectivity index (χ2v) is 3.42. The summed E-state index contributed by atoms with van der Waals surface area (Å²) in [4.78, 5) is 0. The molecule has 0 heterocycles. The zero-order chi connectivity index (χ0) is 6.27. The van der Waals surface area contributed by atoms with Crippen molar-refractivity contribution in [3.8, 4) is 0 Å². The van der Waals surface area contributed by atoms with E-state index >= 15 is 0 Å². The van der Waals surface area contributed by atoms with Gasteiger partial charge in [-0.2, -0.15) is 0 Å². The predicted octanol–water partition coefficient (Wildman–Crippen LogP) is 2.44. The fourth-order valence-corrected chi connectivity index (χ4v) is 2.58. The van der Waals surface area contributed by atoms with Gasteiger partial charge in [0, 0.05) is 5.88 Å². The highest BCUT2D eigenvalue weighted by Crippen LogP contribution is 2.44. The van der Waals surface area contributed by atoms with Gasteiger partial charge in [-0.1, -0.05) is 12.2 Å². The summed E-state index contributed by atoms with van der Waals surface area (Å²) in [5.41, 5.74) is 0. The molecule has 0 aromatic rings. The average molecular weight is 143 g/mol. The summed E-state index contributed by atoms with van der Waals surface area (Å²) in [6, 6.07) is 0. The molecule has 2 aliphatic rings. The number of hydrogen-bond acceptors (Lipinski definition) is 0. The summed E-state index contributed by atoms with van der Waals surface area (Å²) < 4.78 is 0. The average Bonchev–Trinajstić information content (AvgIpc) is 2.44. The van der Waals surface area contributed by atoms with E-state index in [0.29, 0.717) is 0 Å². The molecule has 1 heteroatoms. The van der Waals surface area contributed by atoms with E-state index < -0.39 is 0 Å². The van der Waals surface area contributed by atoms with Crippen molar-refractivity contribution < 1.29 is 0 Å². The van der Waals surface area contributed by atoms with Crippen LogP contribution in [0.3, 0.4) is 0 Å². The monoisotopic (exact) mass is 142 g/mol. The molecule has 9 heavy (non-hydrogen) atoms.